The molecule has 2 amide bonds. The molecular formula is C18H26N2O3. The number of para-hydroxylation sites is 2. The highest BCUT2D eigenvalue weighted by Crippen LogP contribution is 2.33. The molecule has 23 heavy (non-hydrogen) atoms. The van der Waals surface area contributed by atoms with Gasteiger partial charge in [-0.15, -0.1) is 0 Å². The fourth-order valence-corrected chi connectivity index (χ4v) is 2.58. The summed E-state index contributed by atoms with van der Waals surface area (Å²) in [6.07, 6.45) is 0.247. The van der Waals surface area contributed by atoms with Crippen LogP contribution < -0.4 is 15.0 Å². The van der Waals surface area contributed by atoms with Crippen LogP contribution in [0.3, 0.4) is 0 Å². The van der Waals surface area contributed by atoms with E-state index in [1.54, 1.807) is 4.90 Å². The van der Waals surface area contributed by atoms with Gasteiger partial charge in [0.25, 0.3) is 0 Å². The molecule has 0 saturated carbocycles. The van der Waals surface area contributed by atoms with E-state index >= 15 is 0 Å². The molecule has 0 radical (unpaired) electrons. The molecule has 2 rings (SSSR count). The van der Waals surface area contributed by atoms with Crippen LogP contribution >= 0.6 is 0 Å². The fourth-order valence-electron chi connectivity index (χ4n) is 2.58. The molecule has 0 aliphatic carbocycles. The predicted molar refractivity (Wildman–Crippen MR) is 90.5 cm³/mol. The van der Waals surface area contributed by atoms with Crippen LogP contribution in [0, 0.1) is 11.8 Å². The summed E-state index contributed by atoms with van der Waals surface area (Å²) in [5.74, 6) is 0.662. The maximum absolute atomic E-state index is 12.4. The van der Waals surface area contributed by atoms with E-state index in [9.17, 15) is 9.59 Å². The average Bonchev–Trinajstić information content (AvgIpc) is 2.90. The minimum Gasteiger partial charge on any atom is -0.492 e. The van der Waals surface area contributed by atoms with Crippen LogP contribution in [0.1, 0.15) is 34.1 Å². The number of anilines is 1. The lowest BCUT2D eigenvalue weighted by atomic mass is 10.0. The molecule has 5 heteroatoms. The molecule has 1 aliphatic heterocycles. The first kappa shape index (κ1) is 17.3. The van der Waals surface area contributed by atoms with Crippen molar-refractivity contribution in [3.8, 4) is 5.75 Å². The highest BCUT2D eigenvalue weighted by Gasteiger charge is 2.36. The van der Waals surface area contributed by atoms with E-state index in [-0.39, 0.29) is 30.2 Å². The van der Waals surface area contributed by atoms with Crippen molar-refractivity contribution in [3.63, 3.8) is 0 Å². The first-order valence-electron chi connectivity index (χ1n) is 8.26. The maximum atomic E-state index is 12.4. The zero-order valence-corrected chi connectivity index (χ0v) is 14.3. The molecular weight excluding hydrogens is 292 g/mol. The number of nitrogens with one attached hydrogen (secondary N) is 1. The number of carbonyl (C=O) groups is 2. The van der Waals surface area contributed by atoms with Crippen molar-refractivity contribution in [2.45, 2.75) is 40.2 Å². The molecule has 0 spiro atoms. The topological polar surface area (TPSA) is 58.6 Å². The van der Waals surface area contributed by atoms with E-state index in [0.717, 1.165) is 5.69 Å². The largest absolute Gasteiger partial charge is 0.492 e. The summed E-state index contributed by atoms with van der Waals surface area (Å²) in [6.45, 7) is 8.97. The van der Waals surface area contributed by atoms with E-state index in [1.165, 1.54) is 0 Å². The molecule has 1 aliphatic rings. The van der Waals surface area contributed by atoms with Crippen molar-refractivity contribution in [3.05, 3.63) is 24.3 Å². The number of ether oxygens (including phenoxy) is 1. The number of nitrogens with zero attached hydrogens (tertiary/aromatic N) is 1. The van der Waals surface area contributed by atoms with E-state index in [2.05, 4.69) is 19.2 Å². The lowest BCUT2D eigenvalue weighted by Gasteiger charge is -2.21. The van der Waals surface area contributed by atoms with E-state index in [4.69, 9.17) is 4.74 Å². The Morgan fingerprint density at radius 1 is 1.35 bits per heavy atom. The summed E-state index contributed by atoms with van der Waals surface area (Å²) in [6, 6.07) is 7.56. The van der Waals surface area contributed by atoms with Gasteiger partial charge in [-0.05, 0) is 31.9 Å². The van der Waals surface area contributed by atoms with Gasteiger partial charge < -0.3 is 15.0 Å². The van der Waals surface area contributed by atoms with Gasteiger partial charge in [0, 0.05) is 19.0 Å². The molecule has 1 N–H and O–H groups in total. The molecule has 1 aromatic rings. The van der Waals surface area contributed by atoms with Crippen LogP contribution in [0.25, 0.3) is 0 Å². The van der Waals surface area contributed by atoms with Crippen LogP contribution in [-0.4, -0.2) is 31.0 Å². The summed E-state index contributed by atoms with van der Waals surface area (Å²) in [4.78, 5) is 26.4. The molecule has 0 bridgehead atoms. The highest BCUT2D eigenvalue weighted by atomic mass is 16.5. The van der Waals surface area contributed by atoms with Crippen LogP contribution in [0.5, 0.6) is 5.75 Å². The van der Waals surface area contributed by atoms with Gasteiger partial charge in [0.15, 0.2) is 0 Å². The smallest absolute Gasteiger partial charge is 0.227 e. The molecule has 126 valence electrons. The van der Waals surface area contributed by atoms with Crippen LogP contribution in [-0.2, 0) is 9.59 Å². The normalized spacial score (nSPS) is 19.1. The molecule has 5 nitrogen and oxygen atoms in total. The van der Waals surface area contributed by atoms with E-state index in [0.29, 0.717) is 24.8 Å². The Balaban J connectivity index is 2.10. The Morgan fingerprint density at radius 3 is 2.70 bits per heavy atom. The zero-order valence-electron chi connectivity index (χ0n) is 14.3. The van der Waals surface area contributed by atoms with Crippen LogP contribution in [0.4, 0.5) is 5.69 Å². The van der Waals surface area contributed by atoms with Crippen molar-refractivity contribution in [2.24, 2.45) is 11.8 Å². The van der Waals surface area contributed by atoms with Gasteiger partial charge in [-0.25, -0.2) is 0 Å². The lowest BCUT2D eigenvalue weighted by molar-refractivity contribution is -0.127. The number of rotatable bonds is 6. The maximum Gasteiger partial charge on any atom is 0.227 e. The lowest BCUT2D eigenvalue weighted by Crippen LogP contribution is -2.40. The molecule has 2 atom stereocenters. The second-order valence-electron chi connectivity index (χ2n) is 6.35. The monoisotopic (exact) mass is 318 g/mol. The number of benzene rings is 1. The van der Waals surface area contributed by atoms with Gasteiger partial charge in [-0.2, -0.15) is 0 Å². The van der Waals surface area contributed by atoms with Gasteiger partial charge in [0.1, 0.15) is 5.75 Å². The number of amides is 2. The molecule has 0 unspecified atom stereocenters. The summed E-state index contributed by atoms with van der Waals surface area (Å²) in [7, 11) is 0. The average molecular weight is 318 g/mol. The molecule has 1 fully saturated rings. The summed E-state index contributed by atoms with van der Waals surface area (Å²) in [5, 5.41) is 3.00. The number of hydrogen-bond acceptors (Lipinski definition) is 3. The third-order valence-corrected chi connectivity index (χ3v) is 4.32. The fraction of sp³-hybridized carbons (Fsp3) is 0.556. The van der Waals surface area contributed by atoms with Crippen molar-refractivity contribution in [1.82, 2.24) is 5.32 Å². The minimum absolute atomic E-state index is 0.0329. The third kappa shape index (κ3) is 4.03. The Labute approximate surface area is 138 Å². The second-order valence-corrected chi connectivity index (χ2v) is 6.35. The van der Waals surface area contributed by atoms with E-state index < -0.39 is 0 Å². The van der Waals surface area contributed by atoms with Crippen molar-refractivity contribution < 1.29 is 14.3 Å². The van der Waals surface area contributed by atoms with Gasteiger partial charge in [0.05, 0.1) is 18.2 Å². The first-order chi connectivity index (χ1) is 10.9. The second kappa shape index (κ2) is 7.49. The zero-order chi connectivity index (χ0) is 17.0. The molecule has 0 aromatic heterocycles. The van der Waals surface area contributed by atoms with Gasteiger partial charge in [-0.1, -0.05) is 26.0 Å². The minimum atomic E-state index is -0.307. The Hall–Kier alpha value is -2.04. The van der Waals surface area contributed by atoms with Crippen LogP contribution in [0.15, 0.2) is 24.3 Å². The third-order valence-electron chi connectivity index (χ3n) is 4.32. The van der Waals surface area contributed by atoms with Crippen molar-refractivity contribution in [1.29, 1.82) is 0 Å². The SMILES string of the molecule is CCOc1ccccc1N1C[C@H](C(=O)N[C@@H](C)C(C)C)CC1=O. The van der Waals surface area contributed by atoms with Gasteiger partial charge in [-0.3, -0.25) is 9.59 Å². The van der Waals surface area contributed by atoms with Crippen molar-refractivity contribution in [2.75, 3.05) is 18.1 Å². The van der Waals surface area contributed by atoms with Gasteiger partial charge in [0.2, 0.25) is 11.8 Å². The Kier molecular flexibility index (Phi) is 5.64. The summed E-state index contributed by atoms with van der Waals surface area (Å²) < 4.78 is 5.60. The first-order valence-corrected chi connectivity index (χ1v) is 8.26. The van der Waals surface area contributed by atoms with Crippen molar-refractivity contribution >= 4 is 17.5 Å². The quantitative estimate of drug-likeness (QED) is 0.877. The molecule has 1 heterocycles. The summed E-state index contributed by atoms with van der Waals surface area (Å²) >= 11 is 0. The predicted octanol–water partition coefficient (Wildman–Crippen LogP) is 2.60. The Morgan fingerprint density at radius 2 is 2.04 bits per heavy atom. The highest BCUT2D eigenvalue weighted by molar-refractivity contribution is 6.01. The number of hydrogen-bond donors (Lipinski definition) is 1. The standard InChI is InChI=1S/C18H26N2O3/c1-5-23-16-9-7-6-8-15(16)20-11-14(10-17(20)21)18(22)19-13(4)12(2)3/h6-9,12-14H,5,10-11H2,1-4H3,(H,19,22)/t13-,14+/m0/s1. The molecule has 1 aromatic carbocycles. The number of carbonyl (C=O) groups excluding carboxylic acids is 2. The van der Waals surface area contributed by atoms with E-state index in [1.807, 2.05) is 38.1 Å². The Bertz CT molecular complexity index is 571. The molecule has 1 saturated heterocycles. The summed E-state index contributed by atoms with van der Waals surface area (Å²) in [5.41, 5.74) is 0.742. The van der Waals surface area contributed by atoms with Gasteiger partial charge >= 0.3 is 0 Å². The van der Waals surface area contributed by atoms with Crippen LogP contribution in [0.2, 0.25) is 0 Å².